The number of anilines is 1. The minimum absolute atomic E-state index is 0.0287. The molecule has 1 amide bonds. The lowest BCUT2D eigenvalue weighted by molar-refractivity contribution is -0.122. The van der Waals surface area contributed by atoms with Gasteiger partial charge in [-0.3, -0.25) is 9.78 Å². The number of carbonyl (C=O) groups is 1. The number of aromatic nitrogens is 1. The smallest absolute Gasteiger partial charge is 0.238 e. The molecule has 0 radical (unpaired) electrons. The lowest BCUT2D eigenvalue weighted by atomic mass is 10.0. The second-order valence-electron chi connectivity index (χ2n) is 8.61. The molecular formula is C25H25N3O3S. The van der Waals surface area contributed by atoms with E-state index >= 15 is 0 Å². The molecule has 2 N–H and O–H groups in total. The highest BCUT2D eigenvalue weighted by Crippen LogP contribution is 2.39. The Kier molecular flexibility index (Phi) is 5.10. The molecule has 0 fully saturated rings. The number of nitrogens with zero attached hydrogens (tertiary/aromatic N) is 2. The zero-order valence-corrected chi connectivity index (χ0v) is 18.7. The number of pyridine rings is 1. The van der Waals surface area contributed by atoms with Gasteiger partial charge in [0.05, 0.1) is 10.6 Å². The average molecular weight is 448 g/mol. The molecule has 3 aromatic rings. The highest BCUT2D eigenvalue weighted by Gasteiger charge is 2.38. The maximum Gasteiger partial charge on any atom is 0.238 e. The van der Waals surface area contributed by atoms with Gasteiger partial charge in [0, 0.05) is 29.4 Å². The summed E-state index contributed by atoms with van der Waals surface area (Å²) in [7, 11) is -3.84. The first kappa shape index (κ1) is 20.8. The zero-order chi connectivity index (χ0) is 22.5. The predicted molar refractivity (Wildman–Crippen MR) is 124 cm³/mol. The van der Waals surface area contributed by atoms with Crippen molar-refractivity contribution in [2.75, 3.05) is 4.90 Å². The molecule has 0 saturated carbocycles. The summed E-state index contributed by atoms with van der Waals surface area (Å²) in [6.07, 6.45) is 4.67. The molecule has 1 aromatic heterocycles. The summed E-state index contributed by atoms with van der Waals surface area (Å²) in [5, 5.41) is 5.34. The van der Waals surface area contributed by atoms with Crippen molar-refractivity contribution in [3.05, 3.63) is 77.5 Å². The molecule has 0 spiro atoms. The number of fused-ring (bicyclic) bond motifs is 2. The van der Waals surface area contributed by atoms with Crippen LogP contribution in [0.2, 0.25) is 0 Å². The van der Waals surface area contributed by atoms with Crippen molar-refractivity contribution in [1.82, 2.24) is 4.98 Å². The summed E-state index contributed by atoms with van der Waals surface area (Å²) in [6, 6.07) is 17.0. The van der Waals surface area contributed by atoms with Gasteiger partial charge >= 0.3 is 0 Å². The third-order valence-corrected chi connectivity index (χ3v) is 7.53. The van der Waals surface area contributed by atoms with E-state index in [1.54, 1.807) is 18.3 Å². The van der Waals surface area contributed by atoms with Gasteiger partial charge in [0.25, 0.3) is 0 Å². The first-order valence-corrected chi connectivity index (χ1v) is 12.4. The highest BCUT2D eigenvalue weighted by atomic mass is 32.2. The molecule has 5 rings (SSSR count). The predicted octanol–water partition coefficient (Wildman–Crippen LogP) is 3.48. The van der Waals surface area contributed by atoms with Crippen molar-refractivity contribution >= 4 is 21.6 Å². The lowest BCUT2D eigenvalue weighted by Crippen LogP contribution is -2.41. The molecular weight excluding hydrogens is 422 g/mol. The van der Waals surface area contributed by atoms with Gasteiger partial charge in [-0.2, -0.15) is 0 Å². The van der Waals surface area contributed by atoms with Crippen molar-refractivity contribution in [3.8, 4) is 11.3 Å². The Hall–Kier alpha value is -3.03. The number of hydrogen-bond acceptors (Lipinski definition) is 4. The van der Waals surface area contributed by atoms with Crippen LogP contribution in [0, 0.1) is 5.92 Å². The fourth-order valence-corrected chi connectivity index (χ4v) is 5.50. The number of benzene rings is 2. The number of nitrogens with two attached hydrogens (primary N) is 1. The Morgan fingerprint density at radius 2 is 1.81 bits per heavy atom. The van der Waals surface area contributed by atoms with E-state index in [9.17, 15) is 13.2 Å². The van der Waals surface area contributed by atoms with Gasteiger partial charge in [-0.1, -0.05) is 31.2 Å². The molecule has 2 aliphatic rings. The molecule has 0 saturated heterocycles. The normalized spacial score (nSPS) is 19.6. The van der Waals surface area contributed by atoms with Crippen molar-refractivity contribution in [2.24, 2.45) is 11.1 Å². The van der Waals surface area contributed by atoms with Crippen LogP contribution in [-0.2, 0) is 34.1 Å². The van der Waals surface area contributed by atoms with E-state index in [2.05, 4.69) is 30.1 Å². The van der Waals surface area contributed by atoms with Crippen LogP contribution in [0.4, 0.5) is 5.69 Å². The number of rotatable bonds is 4. The van der Waals surface area contributed by atoms with Gasteiger partial charge in [-0.05, 0) is 72.7 Å². The first-order valence-electron chi connectivity index (χ1n) is 10.9. The number of primary sulfonamides is 1. The van der Waals surface area contributed by atoms with Crippen molar-refractivity contribution < 1.29 is 13.2 Å². The second kappa shape index (κ2) is 7.83. The topological polar surface area (TPSA) is 93.4 Å². The van der Waals surface area contributed by atoms with E-state index in [-0.39, 0.29) is 22.8 Å². The number of carbonyl (C=O) groups excluding carboxylic acids is 1. The molecule has 0 bridgehead atoms. The molecule has 164 valence electrons. The Balaban J connectivity index is 1.44. The minimum atomic E-state index is -3.84. The standard InChI is InChI=1S/C25H25N3O3S/c1-2-21-14-18-8-9-22(32(26,30)31)15-24(18)28(21)25(29)20-11-16-6-7-17(12-19(16)13-20)23-5-3-4-10-27-23/h3-10,12,15,20-21H,2,11,13-14H2,1H3,(H2,26,30,31)/t20-,21+/m1/s1. The first-order chi connectivity index (χ1) is 15.3. The Bertz CT molecular complexity index is 1310. The van der Waals surface area contributed by atoms with E-state index in [1.165, 1.54) is 17.2 Å². The lowest BCUT2D eigenvalue weighted by Gasteiger charge is -2.27. The van der Waals surface area contributed by atoms with Crippen molar-refractivity contribution in [1.29, 1.82) is 0 Å². The van der Waals surface area contributed by atoms with Crippen LogP contribution in [0.3, 0.4) is 0 Å². The third-order valence-electron chi connectivity index (χ3n) is 6.62. The molecule has 2 heterocycles. The van der Waals surface area contributed by atoms with Gasteiger partial charge in [0.2, 0.25) is 15.9 Å². The SMILES string of the molecule is CC[C@H]1Cc2ccc(S(N)(=O)=O)cc2N1C(=O)[C@@H]1Cc2ccc(-c3ccccn3)cc2C1. The average Bonchev–Trinajstić information content (AvgIpc) is 3.38. The van der Waals surface area contributed by atoms with E-state index in [1.807, 2.05) is 23.1 Å². The number of hydrogen-bond donors (Lipinski definition) is 1. The second-order valence-corrected chi connectivity index (χ2v) is 10.2. The van der Waals surface area contributed by atoms with Gasteiger partial charge in [0.1, 0.15) is 0 Å². The molecule has 2 atom stereocenters. The maximum absolute atomic E-state index is 13.7. The van der Waals surface area contributed by atoms with Gasteiger partial charge in [-0.15, -0.1) is 0 Å². The summed E-state index contributed by atoms with van der Waals surface area (Å²) >= 11 is 0. The quantitative estimate of drug-likeness (QED) is 0.663. The van der Waals surface area contributed by atoms with Crippen LogP contribution in [0.5, 0.6) is 0 Å². The van der Waals surface area contributed by atoms with Gasteiger partial charge in [0.15, 0.2) is 0 Å². The van der Waals surface area contributed by atoms with E-state index in [0.29, 0.717) is 18.5 Å². The largest absolute Gasteiger partial charge is 0.308 e. The fourth-order valence-electron chi connectivity index (χ4n) is 4.97. The molecule has 0 unspecified atom stereocenters. The van der Waals surface area contributed by atoms with E-state index in [0.717, 1.165) is 29.7 Å². The minimum Gasteiger partial charge on any atom is -0.308 e. The molecule has 2 aromatic carbocycles. The van der Waals surface area contributed by atoms with Crippen LogP contribution in [0.1, 0.15) is 30.0 Å². The molecule has 7 heteroatoms. The van der Waals surface area contributed by atoms with Crippen molar-refractivity contribution in [3.63, 3.8) is 0 Å². The van der Waals surface area contributed by atoms with E-state index < -0.39 is 10.0 Å². The van der Waals surface area contributed by atoms with E-state index in [4.69, 9.17) is 5.14 Å². The van der Waals surface area contributed by atoms with Crippen molar-refractivity contribution in [2.45, 2.75) is 43.5 Å². The Labute approximate surface area is 188 Å². The maximum atomic E-state index is 13.7. The Morgan fingerprint density at radius 3 is 2.53 bits per heavy atom. The summed E-state index contributed by atoms with van der Waals surface area (Å²) in [5.41, 5.74) is 6.00. The van der Waals surface area contributed by atoms with Crippen LogP contribution < -0.4 is 10.0 Å². The highest BCUT2D eigenvalue weighted by molar-refractivity contribution is 7.89. The van der Waals surface area contributed by atoms with Gasteiger partial charge in [-0.25, -0.2) is 13.6 Å². The Morgan fingerprint density at radius 1 is 1.03 bits per heavy atom. The summed E-state index contributed by atoms with van der Waals surface area (Å²) in [4.78, 5) is 20.0. The molecule has 32 heavy (non-hydrogen) atoms. The van der Waals surface area contributed by atoms with Crippen LogP contribution in [-0.4, -0.2) is 25.4 Å². The third kappa shape index (κ3) is 3.61. The number of amides is 1. The summed E-state index contributed by atoms with van der Waals surface area (Å²) in [6.45, 7) is 2.06. The molecule has 1 aliphatic carbocycles. The van der Waals surface area contributed by atoms with Crippen LogP contribution in [0.25, 0.3) is 11.3 Å². The molecule has 6 nitrogen and oxygen atoms in total. The molecule has 1 aliphatic heterocycles. The van der Waals surface area contributed by atoms with Crippen LogP contribution >= 0.6 is 0 Å². The number of sulfonamides is 1. The van der Waals surface area contributed by atoms with Crippen LogP contribution in [0.15, 0.2) is 65.7 Å². The fraction of sp³-hybridized carbons (Fsp3) is 0.280. The van der Waals surface area contributed by atoms with Gasteiger partial charge < -0.3 is 4.90 Å². The summed E-state index contributed by atoms with van der Waals surface area (Å²) < 4.78 is 23.8. The summed E-state index contributed by atoms with van der Waals surface area (Å²) in [5.74, 6) is -0.111. The monoisotopic (exact) mass is 447 g/mol. The zero-order valence-electron chi connectivity index (χ0n) is 17.9.